The molecule has 0 radical (unpaired) electrons. The van der Waals surface area contributed by atoms with Crippen LogP contribution in [0.3, 0.4) is 0 Å². The summed E-state index contributed by atoms with van der Waals surface area (Å²) >= 11 is 0. The molecule has 0 aliphatic carbocycles. The summed E-state index contributed by atoms with van der Waals surface area (Å²) in [6.07, 6.45) is 1.11. The molecule has 0 spiro atoms. The lowest BCUT2D eigenvalue weighted by Gasteiger charge is -2.18. The smallest absolute Gasteiger partial charge is 0.240 e. The predicted octanol–water partition coefficient (Wildman–Crippen LogP) is 0.853. The minimum atomic E-state index is -0.680. The Balaban J connectivity index is 2.03. The van der Waals surface area contributed by atoms with Gasteiger partial charge in [-0.3, -0.25) is 9.59 Å². The van der Waals surface area contributed by atoms with Gasteiger partial charge in [-0.2, -0.15) is 0 Å². The lowest BCUT2D eigenvalue weighted by molar-refractivity contribution is -0.129. The van der Waals surface area contributed by atoms with Gasteiger partial charge in [-0.25, -0.2) is 0 Å². The fraction of sp³-hybridized carbons (Fsp3) is 0.500. The molecule has 1 saturated heterocycles. The van der Waals surface area contributed by atoms with Crippen molar-refractivity contribution >= 4 is 11.8 Å². The molecule has 3 N–H and O–H groups in total. The lowest BCUT2D eigenvalue weighted by Crippen LogP contribution is -2.48. The minimum absolute atomic E-state index is 0.153. The Morgan fingerprint density at radius 1 is 1.38 bits per heavy atom. The summed E-state index contributed by atoms with van der Waals surface area (Å²) in [5.74, 6) is -0.841. The maximum atomic E-state index is 12.1. The van der Waals surface area contributed by atoms with Crippen LogP contribution in [-0.2, 0) is 20.7 Å². The van der Waals surface area contributed by atoms with E-state index in [1.54, 1.807) is 0 Å². The maximum absolute atomic E-state index is 12.1. The summed E-state index contributed by atoms with van der Waals surface area (Å²) in [6, 6.07) is 5.31. The number of carbonyl (C=O) groups is 2. The largest absolute Gasteiger partial charge is 0.381 e. The third-order valence-corrected chi connectivity index (χ3v) is 3.97. The van der Waals surface area contributed by atoms with Crippen LogP contribution in [0.4, 0.5) is 0 Å². The second-order valence-corrected chi connectivity index (χ2v) is 5.65. The van der Waals surface area contributed by atoms with Crippen molar-refractivity contribution in [2.24, 2.45) is 11.7 Å². The summed E-state index contributed by atoms with van der Waals surface area (Å²) in [4.78, 5) is 23.7. The summed E-state index contributed by atoms with van der Waals surface area (Å²) in [7, 11) is 0. The molecule has 1 heterocycles. The monoisotopic (exact) mass is 290 g/mol. The molecule has 0 bridgehead atoms. The van der Waals surface area contributed by atoms with Crippen LogP contribution in [0.1, 0.15) is 23.1 Å². The van der Waals surface area contributed by atoms with Crippen LogP contribution < -0.4 is 11.1 Å². The van der Waals surface area contributed by atoms with Gasteiger partial charge in [-0.15, -0.1) is 0 Å². The van der Waals surface area contributed by atoms with E-state index in [9.17, 15) is 9.59 Å². The van der Waals surface area contributed by atoms with Gasteiger partial charge in [0.2, 0.25) is 11.8 Å². The van der Waals surface area contributed by atoms with Crippen LogP contribution in [0.2, 0.25) is 0 Å². The molecule has 0 saturated carbocycles. The van der Waals surface area contributed by atoms with E-state index in [2.05, 4.69) is 5.32 Å². The minimum Gasteiger partial charge on any atom is -0.381 e. The number of primary amides is 1. The Morgan fingerprint density at radius 3 is 2.71 bits per heavy atom. The molecular weight excluding hydrogens is 268 g/mol. The quantitative estimate of drug-likeness (QED) is 0.843. The van der Waals surface area contributed by atoms with E-state index >= 15 is 0 Å². The van der Waals surface area contributed by atoms with Crippen molar-refractivity contribution < 1.29 is 14.3 Å². The molecule has 2 amide bonds. The topological polar surface area (TPSA) is 81.4 Å². The van der Waals surface area contributed by atoms with Gasteiger partial charge in [-0.05, 0) is 37.0 Å². The van der Waals surface area contributed by atoms with E-state index in [-0.39, 0.29) is 11.8 Å². The van der Waals surface area contributed by atoms with Gasteiger partial charge in [0, 0.05) is 13.0 Å². The first-order valence-electron chi connectivity index (χ1n) is 7.21. The van der Waals surface area contributed by atoms with Crippen LogP contribution in [0.25, 0.3) is 0 Å². The summed E-state index contributed by atoms with van der Waals surface area (Å²) in [5.41, 5.74) is 8.76. The van der Waals surface area contributed by atoms with Crippen LogP contribution in [0.5, 0.6) is 0 Å². The van der Waals surface area contributed by atoms with Crippen molar-refractivity contribution in [3.05, 3.63) is 34.9 Å². The second-order valence-electron chi connectivity index (χ2n) is 5.65. The van der Waals surface area contributed by atoms with Crippen molar-refractivity contribution in [1.82, 2.24) is 5.32 Å². The molecule has 2 rings (SSSR count). The maximum Gasteiger partial charge on any atom is 0.240 e. The summed E-state index contributed by atoms with van der Waals surface area (Å²) < 4.78 is 5.19. The van der Waals surface area contributed by atoms with Crippen molar-refractivity contribution in [2.45, 2.75) is 32.7 Å². The number of aryl methyl sites for hydroxylation is 2. The number of ether oxygens (including phenoxy) is 1. The van der Waals surface area contributed by atoms with Gasteiger partial charge in [0.15, 0.2) is 0 Å². The van der Waals surface area contributed by atoms with Gasteiger partial charge in [0.05, 0.1) is 12.5 Å². The summed E-state index contributed by atoms with van der Waals surface area (Å²) in [5, 5.41) is 2.75. The Hall–Kier alpha value is -1.88. The molecule has 114 valence electrons. The molecule has 0 aromatic heterocycles. The number of hydrogen-bond donors (Lipinski definition) is 2. The van der Waals surface area contributed by atoms with E-state index in [1.165, 1.54) is 5.56 Å². The van der Waals surface area contributed by atoms with Crippen molar-refractivity contribution in [1.29, 1.82) is 0 Å². The number of nitrogens with one attached hydrogen (secondary N) is 1. The molecule has 1 aliphatic rings. The number of nitrogens with two attached hydrogens (primary N) is 1. The number of rotatable bonds is 5. The first-order chi connectivity index (χ1) is 9.97. The molecule has 0 unspecified atom stereocenters. The highest BCUT2D eigenvalue weighted by molar-refractivity contribution is 5.87. The molecule has 2 atom stereocenters. The Kier molecular flexibility index (Phi) is 4.96. The highest BCUT2D eigenvalue weighted by atomic mass is 16.5. The fourth-order valence-corrected chi connectivity index (χ4v) is 2.42. The van der Waals surface area contributed by atoms with Gasteiger partial charge in [-0.1, -0.05) is 18.2 Å². The Labute approximate surface area is 124 Å². The number of carbonyl (C=O) groups excluding carboxylic acids is 2. The molecular formula is C16H22N2O3. The number of amides is 2. The summed E-state index contributed by atoms with van der Waals surface area (Å²) in [6.45, 7) is 5.07. The molecule has 1 aliphatic heterocycles. The van der Waals surface area contributed by atoms with Crippen LogP contribution in [-0.4, -0.2) is 31.1 Å². The third kappa shape index (κ3) is 4.04. The molecule has 5 nitrogen and oxygen atoms in total. The Bertz CT molecular complexity index is 536. The van der Waals surface area contributed by atoms with Crippen LogP contribution in [0, 0.1) is 19.8 Å². The molecule has 21 heavy (non-hydrogen) atoms. The highest BCUT2D eigenvalue weighted by Gasteiger charge is 2.27. The zero-order valence-corrected chi connectivity index (χ0v) is 12.5. The van der Waals surface area contributed by atoms with E-state index in [1.807, 2.05) is 32.0 Å². The third-order valence-electron chi connectivity index (χ3n) is 3.97. The SMILES string of the molecule is Cc1ccc(C[C@@H](NC(=O)[C@H]2CCOC2)C(N)=O)cc1C. The van der Waals surface area contributed by atoms with Gasteiger partial charge in [0.25, 0.3) is 0 Å². The zero-order chi connectivity index (χ0) is 15.4. The zero-order valence-electron chi connectivity index (χ0n) is 12.5. The fourth-order valence-electron chi connectivity index (χ4n) is 2.42. The average Bonchev–Trinajstić information content (AvgIpc) is 2.96. The van der Waals surface area contributed by atoms with Crippen molar-refractivity contribution in [2.75, 3.05) is 13.2 Å². The highest BCUT2D eigenvalue weighted by Crippen LogP contribution is 2.14. The molecule has 1 aromatic carbocycles. The first kappa shape index (κ1) is 15.5. The Morgan fingerprint density at radius 2 is 2.14 bits per heavy atom. The standard InChI is InChI=1S/C16H22N2O3/c1-10-3-4-12(7-11(10)2)8-14(15(17)19)18-16(20)13-5-6-21-9-13/h3-4,7,13-14H,5-6,8-9H2,1-2H3,(H2,17,19)(H,18,20)/t13-,14+/m0/s1. The van der Waals surface area contributed by atoms with Crippen LogP contribution in [0.15, 0.2) is 18.2 Å². The average molecular weight is 290 g/mol. The van der Waals surface area contributed by atoms with Crippen molar-refractivity contribution in [3.63, 3.8) is 0 Å². The number of hydrogen-bond acceptors (Lipinski definition) is 3. The van der Waals surface area contributed by atoms with Gasteiger partial charge in [0.1, 0.15) is 6.04 Å². The second kappa shape index (κ2) is 6.72. The lowest BCUT2D eigenvalue weighted by atomic mass is 10.00. The number of benzene rings is 1. The van der Waals surface area contributed by atoms with Gasteiger partial charge < -0.3 is 15.8 Å². The first-order valence-corrected chi connectivity index (χ1v) is 7.21. The van der Waals surface area contributed by atoms with E-state index in [0.29, 0.717) is 26.1 Å². The van der Waals surface area contributed by atoms with Crippen LogP contribution >= 0.6 is 0 Å². The van der Waals surface area contributed by atoms with Crippen molar-refractivity contribution in [3.8, 4) is 0 Å². The molecule has 5 heteroatoms. The van der Waals surface area contributed by atoms with E-state index < -0.39 is 11.9 Å². The van der Waals surface area contributed by atoms with E-state index in [4.69, 9.17) is 10.5 Å². The van der Waals surface area contributed by atoms with E-state index in [0.717, 1.165) is 11.1 Å². The molecule has 1 aromatic rings. The predicted molar refractivity (Wildman–Crippen MR) is 79.7 cm³/mol. The molecule has 1 fully saturated rings. The van der Waals surface area contributed by atoms with Gasteiger partial charge >= 0.3 is 0 Å². The normalized spacial score (nSPS) is 19.2.